The van der Waals surface area contributed by atoms with Crippen LogP contribution >= 0.6 is 11.6 Å². The van der Waals surface area contributed by atoms with Crippen molar-refractivity contribution >= 4 is 23.3 Å². The number of nitrogens with zero attached hydrogens (tertiary/aromatic N) is 1. The number of halogens is 1. The molecule has 0 heterocycles. The first-order valence-electron chi connectivity index (χ1n) is 4.04. The highest BCUT2D eigenvalue weighted by Gasteiger charge is 2.11. The van der Waals surface area contributed by atoms with E-state index in [9.17, 15) is 14.9 Å². The number of nitro groups is 1. The second-order valence-electron chi connectivity index (χ2n) is 2.79. The maximum atomic E-state index is 10.9. The molecule has 1 rings (SSSR count). The summed E-state index contributed by atoms with van der Waals surface area (Å²) in [7, 11) is 1.27. The van der Waals surface area contributed by atoms with Gasteiger partial charge in [-0.25, -0.2) is 0 Å². The van der Waals surface area contributed by atoms with Crippen molar-refractivity contribution in [3.8, 4) is 0 Å². The summed E-state index contributed by atoms with van der Waals surface area (Å²) in [6, 6.07) is 3.95. The molecule has 0 aliphatic carbocycles. The predicted molar refractivity (Wildman–Crippen MR) is 53.8 cm³/mol. The summed E-state index contributed by atoms with van der Waals surface area (Å²) in [4.78, 5) is 20.8. The zero-order chi connectivity index (χ0) is 11.4. The van der Waals surface area contributed by atoms with Gasteiger partial charge >= 0.3 is 5.97 Å². The van der Waals surface area contributed by atoms with Gasteiger partial charge in [0.1, 0.15) is 0 Å². The van der Waals surface area contributed by atoms with Gasteiger partial charge in [0, 0.05) is 12.1 Å². The summed E-state index contributed by atoms with van der Waals surface area (Å²) in [5, 5.41) is 10.6. The number of hydrogen-bond donors (Lipinski definition) is 0. The van der Waals surface area contributed by atoms with Crippen LogP contribution in [0.1, 0.15) is 5.56 Å². The van der Waals surface area contributed by atoms with Crippen molar-refractivity contribution in [2.75, 3.05) is 7.11 Å². The summed E-state index contributed by atoms with van der Waals surface area (Å²) >= 11 is 5.76. The molecule has 5 nitrogen and oxygen atoms in total. The minimum Gasteiger partial charge on any atom is -0.469 e. The molecule has 0 bridgehead atoms. The lowest BCUT2D eigenvalue weighted by Crippen LogP contribution is -2.05. The molecule has 1 aromatic rings. The van der Waals surface area contributed by atoms with Crippen LogP contribution in [0.15, 0.2) is 18.2 Å². The van der Waals surface area contributed by atoms with Crippen molar-refractivity contribution in [2.45, 2.75) is 6.42 Å². The number of carbonyl (C=O) groups excluding carboxylic acids is 1. The van der Waals surface area contributed by atoms with E-state index in [1.165, 1.54) is 25.3 Å². The van der Waals surface area contributed by atoms with Gasteiger partial charge < -0.3 is 4.74 Å². The van der Waals surface area contributed by atoms with E-state index >= 15 is 0 Å². The van der Waals surface area contributed by atoms with Crippen molar-refractivity contribution in [1.82, 2.24) is 0 Å². The summed E-state index contributed by atoms with van der Waals surface area (Å²) in [6.07, 6.45) is 0.00727. The number of rotatable bonds is 3. The Morgan fingerprint density at radius 3 is 2.73 bits per heavy atom. The van der Waals surface area contributed by atoms with E-state index in [1.807, 2.05) is 0 Å². The Morgan fingerprint density at radius 2 is 2.27 bits per heavy atom. The molecule has 0 aromatic heterocycles. The lowest BCUT2D eigenvalue weighted by atomic mass is 10.1. The molecular weight excluding hydrogens is 222 g/mol. The fraction of sp³-hybridized carbons (Fsp3) is 0.222. The fourth-order valence-electron chi connectivity index (χ4n) is 1.02. The maximum absolute atomic E-state index is 10.9. The van der Waals surface area contributed by atoms with Crippen LogP contribution in [0.5, 0.6) is 0 Å². The molecule has 0 aliphatic rings. The average Bonchev–Trinajstić information content (AvgIpc) is 2.20. The predicted octanol–water partition coefficient (Wildman–Crippen LogP) is 1.96. The number of ether oxygens (including phenoxy) is 1. The van der Waals surface area contributed by atoms with E-state index in [4.69, 9.17) is 11.6 Å². The van der Waals surface area contributed by atoms with Gasteiger partial charge in [-0.3, -0.25) is 14.9 Å². The third-order valence-electron chi connectivity index (χ3n) is 1.81. The molecule has 0 aliphatic heterocycles. The molecule has 0 fully saturated rings. The topological polar surface area (TPSA) is 69.4 Å². The van der Waals surface area contributed by atoms with Crippen LogP contribution in [-0.4, -0.2) is 18.0 Å². The highest BCUT2D eigenvalue weighted by Crippen LogP contribution is 2.22. The zero-order valence-electron chi connectivity index (χ0n) is 7.90. The first kappa shape index (κ1) is 11.5. The normalized spacial score (nSPS) is 9.73. The first-order chi connectivity index (χ1) is 7.04. The number of non-ortho nitro benzene ring substituents is 1. The Balaban J connectivity index is 2.93. The highest BCUT2D eigenvalue weighted by atomic mass is 35.5. The zero-order valence-corrected chi connectivity index (χ0v) is 8.65. The van der Waals surface area contributed by atoms with Crippen molar-refractivity contribution in [3.05, 3.63) is 38.9 Å². The average molecular weight is 230 g/mol. The van der Waals surface area contributed by atoms with Crippen LogP contribution in [0.3, 0.4) is 0 Å². The molecule has 0 spiro atoms. The van der Waals surface area contributed by atoms with Crippen LogP contribution in [0.2, 0.25) is 5.02 Å². The minimum absolute atomic E-state index is 0.00727. The molecule has 1 aromatic carbocycles. The van der Waals surface area contributed by atoms with Gasteiger partial charge in [0.2, 0.25) is 0 Å². The molecule has 15 heavy (non-hydrogen) atoms. The van der Waals surface area contributed by atoms with Gasteiger partial charge in [-0.05, 0) is 5.56 Å². The van der Waals surface area contributed by atoms with E-state index < -0.39 is 10.9 Å². The van der Waals surface area contributed by atoms with E-state index in [1.54, 1.807) is 0 Å². The molecule has 0 saturated carbocycles. The van der Waals surface area contributed by atoms with Crippen LogP contribution in [0.25, 0.3) is 0 Å². The largest absolute Gasteiger partial charge is 0.469 e. The van der Waals surface area contributed by atoms with Gasteiger partial charge in [0.05, 0.1) is 23.5 Å². The molecule has 0 N–H and O–H groups in total. The third-order valence-corrected chi connectivity index (χ3v) is 2.16. The first-order valence-corrected chi connectivity index (χ1v) is 4.42. The molecule has 80 valence electrons. The number of hydrogen-bond acceptors (Lipinski definition) is 4. The smallest absolute Gasteiger partial charge is 0.310 e. The van der Waals surface area contributed by atoms with E-state index in [2.05, 4.69) is 4.74 Å². The molecule has 0 saturated heterocycles. The Hall–Kier alpha value is -1.62. The third kappa shape index (κ3) is 2.92. The Morgan fingerprint density at radius 1 is 1.60 bits per heavy atom. The van der Waals surface area contributed by atoms with E-state index in [0.717, 1.165) is 0 Å². The minimum atomic E-state index is -0.548. The van der Waals surface area contributed by atoms with Gasteiger partial charge in [-0.15, -0.1) is 0 Å². The van der Waals surface area contributed by atoms with Gasteiger partial charge in [-0.1, -0.05) is 17.7 Å². The maximum Gasteiger partial charge on any atom is 0.310 e. The molecule has 0 radical (unpaired) electrons. The van der Waals surface area contributed by atoms with Crippen molar-refractivity contribution in [1.29, 1.82) is 0 Å². The Labute approximate surface area is 90.8 Å². The van der Waals surface area contributed by atoms with Crippen LogP contribution in [0.4, 0.5) is 5.69 Å². The molecule has 0 unspecified atom stereocenters. The van der Waals surface area contributed by atoms with Crippen molar-refractivity contribution < 1.29 is 14.5 Å². The number of benzene rings is 1. The van der Waals surface area contributed by atoms with E-state index in [-0.39, 0.29) is 17.1 Å². The number of carbonyl (C=O) groups is 1. The standard InChI is InChI=1S/C9H8ClNO4/c1-15-9(12)4-6-2-3-7(11(13)14)5-8(6)10/h2-3,5H,4H2,1H3. The van der Waals surface area contributed by atoms with E-state index in [0.29, 0.717) is 5.56 Å². The van der Waals surface area contributed by atoms with Gasteiger partial charge in [-0.2, -0.15) is 0 Å². The number of methoxy groups -OCH3 is 1. The molecule has 0 atom stereocenters. The Bertz CT molecular complexity index is 405. The number of nitro benzene ring substituents is 1. The molecule has 0 amide bonds. The second kappa shape index (κ2) is 4.75. The summed E-state index contributed by atoms with van der Waals surface area (Å²) in [6.45, 7) is 0. The number of esters is 1. The van der Waals surface area contributed by atoms with Gasteiger partial charge in [0.15, 0.2) is 0 Å². The van der Waals surface area contributed by atoms with Crippen molar-refractivity contribution in [3.63, 3.8) is 0 Å². The van der Waals surface area contributed by atoms with Crippen molar-refractivity contribution in [2.24, 2.45) is 0 Å². The molecule has 6 heteroatoms. The van der Waals surface area contributed by atoms with Crippen LogP contribution in [0, 0.1) is 10.1 Å². The lowest BCUT2D eigenvalue weighted by Gasteiger charge is -2.02. The summed E-state index contributed by atoms with van der Waals surface area (Å²) in [5.41, 5.74) is 0.405. The quantitative estimate of drug-likeness (QED) is 0.451. The van der Waals surface area contributed by atoms with Gasteiger partial charge in [0.25, 0.3) is 5.69 Å². The Kier molecular flexibility index (Phi) is 3.62. The molecular formula is C9H8ClNO4. The summed E-state index contributed by atoms with van der Waals surface area (Å²) < 4.78 is 4.46. The highest BCUT2D eigenvalue weighted by molar-refractivity contribution is 6.31. The van der Waals surface area contributed by atoms with Crippen LogP contribution in [-0.2, 0) is 16.0 Å². The second-order valence-corrected chi connectivity index (χ2v) is 3.19. The summed E-state index contributed by atoms with van der Waals surface area (Å²) in [5.74, 6) is -0.439. The lowest BCUT2D eigenvalue weighted by molar-refractivity contribution is -0.384. The monoisotopic (exact) mass is 229 g/mol. The SMILES string of the molecule is COC(=O)Cc1ccc([N+](=O)[O-])cc1Cl. The van der Waals surface area contributed by atoms with Crippen LogP contribution < -0.4 is 0 Å². The fourth-order valence-corrected chi connectivity index (χ4v) is 1.26.